The molecule has 9 heteroatoms. The predicted molar refractivity (Wildman–Crippen MR) is 105 cm³/mol. The highest BCUT2D eigenvalue weighted by Gasteiger charge is 2.14. The van der Waals surface area contributed by atoms with E-state index in [0.29, 0.717) is 16.9 Å². The largest absolute Gasteiger partial charge is 0.465 e. The fourth-order valence-electron chi connectivity index (χ4n) is 2.40. The van der Waals surface area contributed by atoms with E-state index in [4.69, 9.17) is 5.11 Å². The highest BCUT2D eigenvalue weighted by Crippen LogP contribution is 2.18. The molecule has 0 aliphatic heterocycles. The molecule has 150 valence electrons. The number of benzene rings is 2. The van der Waals surface area contributed by atoms with Crippen LogP contribution in [0.2, 0.25) is 0 Å². The molecular weight excluding hydrogens is 384 g/mol. The number of rotatable bonds is 8. The molecule has 0 atom stereocenters. The third-order valence-corrected chi connectivity index (χ3v) is 5.67. The topological polar surface area (TPSA) is 122 Å². The van der Waals surface area contributed by atoms with E-state index in [1.54, 1.807) is 37.3 Å². The lowest BCUT2D eigenvalue weighted by molar-refractivity contribution is -0.114. The van der Waals surface area contributed by atoms with Crippen molar-refractivity contribution >= 4 is 33.1 Å². The Morgan fingerprint density at radius 1 is 1.11 bits per heavy atom. The molecular formula is C19H22N2O6S. The SMILES string of the molecule is COC(=O)c1ccc(C)c(NC(=O)CNc2ccc(S(=O)(=O)CCO)cc2)c1. The monoisotopic (exact) mass is 406 g/mol. The van der Waals surface area contributed by atoms with Crippen molar-refractivity contribution in [2.24, 2.45) is 0 Å². The Bertz CT molecular complexity index is 955. The average molecular weight is 406 g/mol. The molecule has 0 aliphatic rings. The zero-order valence-electron chi connectivity index (χ0n) is 15.6. The molecule has 0 aromatic heterocycles. The molecule has 0 radical (unpaired) electrons. The van der Waals surface area contributed by atoms with Gasteiger partial charge in [0, 0.05) is 11.4 Å². The van der Waals surface area contributed by atoms with Gasteiger partial charge in [-0.05, 0) is 48.9 Å². The van der Waals surface area contributed by atoms with Gasteiger partial charge in [0.2, 0.25) is 5.91 Å². The number of nitrogens with one attached hydrogen (secondary N) is 2. The van der Waals surface area contributed by atoms with E-state index in [0.717, 1.165) is 5.56 Å². The number of anilines is 2. The van der Waals surface area contributed by atoms with Gasteiger partial charge < -0.3 is 20.5 Å². The van der Waals surface area contributed by atoms with Crippen molar-refractivity contribution in [3.8, 4) is 0 Å². The number of carbonyl (C=O) groups is 2. The number of methoxy groups -OCH3 is 1. The van der Waals surface area contributed by atoms with Crippen LogP contribution in [-0.4, -0.2) is 51.4 Å². The number of hydrogen-bond donors (Lipinski definition) is 3. The Balaban J connectivity index is 1.99. The summed E-state index contributed by atoms with van der Waals surface area (Å²) in [7, 11) is -2.23. The Labute approximate surface area is 163 Å². The third-order valence-electron chi connectivity index (χ3n) is 3.96. The number of aliphatic hydroxyl groups excluding tert-OH is 1. The maximum absolute atomic E-state index is 12.2. The smallest absolute Gasteiger partial charge is 0.337 e. The number of sulfone groups is 1. The minimum absolute atomic E-state index is 0.0510. The van der Waals surface area contributed by atoms with Gasteiger partial charge in [-0.2, -0.15) is 0 Å². The summed E-state index contributed by atoms with van der Waals surface area (Å²) in [6, 6.07) is 10.8. The van der Waals surface area contributed by atoms with Crippen LogP contribution in [-0.2, 0) is 19.4 Å². The number of aliphatic hydroxyl groups is 1. The normalized spacial score (nSPS) is 11.0. The zero-order valence-corrected chi connectivity index (χ0v) is 16.4. The first-order valence-electron chi connectivity index (χ1n) is 8.43. The minimum atomic E-state index is -3.51. The second kappa shape index (κ2) is 9.34. The van der Waals surface area contributed by atoms with Gasteiger partial charge in [0.1, 0.15) is 0 Å². The molecule has 2 rings (SSSR count). The van der Waals surface area contributed by atoms with Gasteiger partial charge in [-0.25, -0.2) is 13.2 Å². The third kappa shape index (κ3) is 5.54. The maximum Gasteiger partial charge on any atom is 0.337 e. The first-order chi connectivity index (χ1) is 13.3. The summed E-state index contributed by atoms with van der Waals surface area (Å²) in [5.74, 6) is -1.17. The molecule has 0 unspecified atom stereocenters. The van der Waals surface area contributed by atoms with Crippen molar-refractivity contribution in [1.82, 2.24) is 0 Å². The summed E-state index contributed by atoms with van der Waals surface area (Å²) in [5, 5.41) is 14.4. The van der Waals surface area contributed by atoms with Crippen LogP contribution in [0.25, 0.3) is 0 Å². The minimum Gasteiger partial charge on any atom is -0.465 e. The van der Waals surface area contributed by atoms with Crippen LogP contribution in [0.5, 0.6) is 0 Å². The van der Waals surface area contributed by atoms with Crippen LogP contribution in [0, 0.1) is 6.92 Å². The van der Waals surface area contributed by atoms with Gasteiger partial charge in [-0.3, -0.25) is 4.79 Å². The van der Waals surface area contributed by atoms with Crippen LogP contribution < -0.4 is 10.6 Å². The van der Waals surface area contributed by atoms with Crippen LogP contribution in [0.3, 0.4) is 0 Å². The summed E-state index contributed by atoms with van der Waals surface area (Å²) in [4.78, 5) is 23.9. The average Bonchev–Trinajstić information content (AvgIpc) is 2.67. The standard InChI is InChI=1S/C19H22N2O6S/c1-13-3-4-14(19(24)27-2)11-17(13)21-18(23)12-20-15-5-7-16(8-6-15)28(25,26)10-9-22/h3-8,11,20,22H,9-10,12H2,1-2H3,(H,21,23). The Kier molecular flexibility index (Phi) is 7.13. The molecule has 0 fully saturated rings. The quantitative estimate of drug-likeness (QED) is 0.569. The summed E-state index contributed by atoms with van der Waals surface area (Å²) < 4.78 is 28.4. The molecule has 1 amide bonds. The van der Waals surface area contributed by atoms with Crippen LogP contribution in [0.1, 0.15) is 15.9 Å². The number of ether oxygens (including phenoxy) is 1. The summed E-state index contributed by atoms with van der Waals surface area (Å²) in [5.41, 5.74) is 2.19. The Hall–Kier alpha value is -2.91. The van der Waals surface area contributed by atoms with E-state index >= 15 is 0 Å². The molecule has 2 aromatic carbocycles. The van der Waals surface area contributed by atoms with Gasteiger partial charge in [-0.15, -0.1) is 0 Å². The molecule has 0 heterocycles. The van der Waals surface area contributed by atoms with Gasteiger partial charge in [0.15, 0.2) is 9.84 Å². The van der Waals surface area contributed by atoms with E-state index in [9.17, 15) is 18.0 Å². The second-order valence-electron chi connectivity index (χ2n) is 5.99. The lowest BCUT2D eigenvalue weighted by atomic mass is 10.1. The predicted octanol–water partition coefficient (Wildman–Crippen LogP) is 1.60. The van der Waals surface area contributed by atoms with Crippen LogP contribution in [0.4, 0.5) is 11.4 Å². The molecule has 3 N–H and O–H groups in total. The number of aryl methyl sites for hydroxylation is 1. The lowest BCUT2D eigenvalue weighted by Gasteiger charge is -2.11. The highest BCUT2D eigenvalue weighted by molar-refractivity contribution is 7.91. The van der Waals surface area contributed by atoms with Crippen molar-refractivity contribution in [2.75, 3.05) is 36.6 Å². The van der Waals surface area contributed by atoms with E-state index in [1.165, 1.54) is 19.2 Å². The molecule has 0 spiro atoms. The Morgan fingerprint density at radius 3 is 2.39 bits per heavy atom. The van der Waals surface area contributed by atoms with Gasteiger partial charge in [0.25, 0.3) is 0 Å². The van der Waals surface area contributed by atoms with Gasteiger partial charge in [-0.1, -0.05) is 6.07 Å². The summed E-state index contributed by atoms with van der Waals surface area (Å²) >= 11 is 0. The maximum atomic E-state index is 12.2. The number of carbonyl (C=O) groups excluding carboxylic acids is 2. The fraction of sp³-hybridized carbons (Fsp3) is 0.263. The van der Waals surface area contributed by atoms with E-state index < -0.39 is 22.4 Å². The molecule has 0 bridgehead atoms. The summed E-state index contributed by atoms with van der Waals surface area (Å²) in [6.45, 7) is 1.30. The van der Waals surface area contributed by atoms with Crippen molar-refractivity contribution in [3.05, 3.63) is 53.6 Å². The molecule has 0 saturated heterocycles. The lowest BCUT2D eigenvalue weighted by Crippen LogP contribution is -2.22. The number of esters is 1. The molecule has 0 saturated carbocycles. The van der Waals surface area contributed by atoms with Gasteiger partial charge >= 0.3 is 5.97 Å². The first kappa shape index (κ1) is 21.4. The van der Waals surface area contributed by atoms with Crippen molar-refractivity contribution < 1.29 is 27.9 Å². The van der Waals surface area contributed by atoms with Gasteiger partial charge in [0.05, 0.1) is 36.5 Å². The van der Waals surface area contributed by atoms with E-state index in [1.807, 2.05) is 0 Å². The van der Waals surface area contributed by atoms with Crippen molar-refractivity contribution in [2.45, 2.75) is 11.8 Å². The van der Waals surface area contributed by atoms with E-state index in [2.05, 4.69) is 15.4 Å². The number of amides is 1. The zero-order chi connectivity index (χ0) is 20.7. The second-order valence-corrected chi connectivity index (χ2v) is 8.10. The van der Waals surface area contributed by atoms with Crippen molar-refractivity contribution in [1.29, 1.82) is 0 Å². The van der Waals surface area contributed by atoms with Crippen LogP contribution >= 0.6 is 0 Å². The molecule has 0 aliphatic carbocycles. The first-order valence-corrected chi connectivity index (χ1v) is 10.1. The Morgan fingerprint density at radius 2 is 1.79 bits per heavy atom. The van der Waals surface area contributed by atoms with Crippen molar-refractivity contribution in [3.63, 3.8) is 0 Å². The van der Waals surface area contributed by atoms with Crippen LogP contribution in [0.15, 0.2) is 47.4 Å². The fourth-order valence-corrected chi connectivity index (χ4v) is 3.42. The number of hydrogen-bond acceptors (Lipinski definition) is 7. The highest BCUT2D eigenvalue weighted by atomic mass is 32.2. The molecule has 8 nitrogen and oxygen atoms in total. The van der Waals surface area contributed by atoms with E-state index in [-0.39, 0.29) is 23.1 Å². The summed E-state index contributed by atoms with van der Waals surface area (Å²) in [6.07, 6.45) is 0. The molecule has 2 aromatic rings. The molecule has 28 heavy (non-hydrogen) atoms.